The lowest BCUT2D eigenvalue weighted by atomic mass is 9.96. The topological polar surface area (TPSA) is 49.9 Å². The van der Waals surface area contributed by atoms with E-state index < -0.39 is 0 Å². The van der Waals surface area contributed by atoms with Crippen molar-refractivity contribution in [3.63, 3.8) is 0 Å². The number of rotatable bonds is 3. The Hall–Kier alpha value is -1.10. The minimum Gasteiger partial charge on any atom is -0.381 e. The minimum absolute atomic E-state index is 0.168. The predicted molar refractivity (Wildman–Crippen MR) is 74.1 cm³/mol. The second-order valence-corrected chi connectivity index (χ2v) is 6.16. The molecule has 3 aliphatic heterocycles. The molecule has 2 atom stereocenters. The first-order chi connectivity index (χ1) is 9.72. The monoisotopic (exact) mass is 280 g/mol. The summed E-state index contributed by atoms with van der Waals surface area (Å²) in [6.45, 7) is 5.07. The minimum atomic E-state index is -0.236. The van der Waals surface area contributed by atoms with Crippen molar-refractivity contribution in [3.05, 3.63) is 0 Å². The van der Waals surface area contributed by atoms with E-state index in [1.807, 2.05) is 16.7 Å². The van der Waals surface area contributed by atoms with Crippen LogP contribution in [0.1, 0.15) is 39.0 Å². The fourth-order valence-electron chi connectivity index (χ4n) is 3.78. The van der Waals surface area contributed by atoms with E-state index in [9.17, 15) is 9.59 Å². The summed E-state index contributed by atoms with van der Waals surface area (Å²) >= 11 is 0. The Labute approximate surface area is 120 Å². The number of amides is 2. The highest BCUT2D eigenvalue weighted by Gasteiger charge is 2.47. The zero-order valence-corrected chi connectivity index (χ0v) is 12.2. The van der Waals surface area contributed by atoms with Crippen LogP contribution in [0.5, 0.6) is 0 Å². The Bertz CT molecular complexity index is 393. The number of fused-ring (bicyclic) bond motifs is 1. The molecule has 3 aliphatic rings. The highest BCUT2D eigenvalue weighted by molar-refractivity contribution is 5.97. The molecule has 0 N–H and O–H groups in total. The van der Waals surface area contributed by atoms with Crippen LogP contribution in [-0.2, 0) is 14.3 Å². The van der Waals surface area contributed by atoms with Crippen LogP contribution in [-0.4, -0.2) is 60.0 Å². The lowest BCUT2D eigenvalue weighted by molar-refractivity contribution is -0.160. The van der Waals surface area contributed by atoms with E-state index in [0.717, 1.165) is 58.4 Å². The molecule has 0 spiro atoms. The standard InChI is InChI=1S/C15H24N2O3/c1-2-12-14(18)16-7-3-4-13(16)15(19)17(12)10-11-5-8-20-9-6-11/h11-13H,2-10H2,1H3. The van der Waals surface area contributed by atoms with Crippen molar-refractivity contribution in [2.75, 3.05) is 26.3 Å². The maximum absolute atomic E-state index is 12.7. The average molecular weight is 280 g/mol. The lowest BCUT2D eigenvalue weighted by Gasteiger charge is -2.43. The van der Waals surface area contributed by atoms with E-state index in [4.69, 9.17) is 4.74 Å². The molecule has 2 amide bonds. The molecule has 3 heterocycles. The number of hydrogen-bond donors (Lipinski definition) is 0. The van der Waals surface area contributed by atoms with Gasteiger partial charge in [0, 0.05) is 26.3 Å². The zero-order chi connectivity index (χ0) is 14.1. The van der Waals surface area contributed by atoms with Gasteiger partial charge in [-0.1, -0.05) is 6.92 Å². The smallest absolute Gasteiger partial charge is 0.246 e. The molecule has 5 nitrogen and oxygen atoms in total. The average Bonchev–Trinajstić information content (AvgIpc) is 2.96. The van der Waals surface area contributed by atoms with Crippen LogP contribution in [0.2, 0.25) is 0 Å². The van der Waals surface area contributed by atoms with Crippen molar-refractivity contribution < 1.29 is 14.3 Å². The van der Waals surface area contributed by atoms with E-state index in [2.05, 4.69) is 0 Å². The molecule has 0 radical (unpaired) electrons. The van der Waals surface area contributed by atoms with E-state index in [-0.39, 0.29) is 23.9 Å². The summed E-state index contributed by atoms with van der Waals surface area (Å²) in [6.07, 6.45) is 4.53. The highest BCUT2D eigenvalue weighted by atomic mass is 16.5. The molecule has 112 valence electrons. The summed E-state index contributed by atoms with van der Waals surface area (Å²) in [4.78, 5) is 28.9. The first-order valence-corrected chi connectivity index (χ1v) is 7.91. The molecule has 0 aliphatic carbocycles. The van der Waals surface area contributed by atoms with Gasteiger partial charge in [0.2, 0.25) is 11.8 Å². The van der Waals surface area contributed by atoms with Gasteiger partial charge in [0.05, 0.1) is 0 Å². The summed E-state index contributed by atoms with van der Waals surface area (Å²) in [6, 6.07) is -0.412. The fourth-order valence-corrected chi connectivity index (χ4v) is 3.78. The van der Waals surface area contributed by atoms with E-state index in [1.165, 1.54) is 0 Å². The number of carbonyl (C=O) groups is 2. The van der Waals surface area contributed by atoms with Crippen molar-refractivity contribution in [1.29, 1.82) is 0 Å². The Balaban J connectivity index is 1.75. The third-order valence-electron chi connectivity index (χ3n) is 4.95. The Morgan fingerprint density at radius 1 is 1.15 bits per heavy atom. The van der Waals surface area contributed by atoms with Gasteiger partial charge >= 0.3 is 0 Å². The Morgan fingerprint density at radius 2 is 1.90 bits per heavy atom. The van der Waals surface area contributed by atoms with Gasteiger partial charge in [0.15, 0.2) is 0 Å². The molecule has 3 rings (SSSR count). The van der Waals surface area contributed by atoms with Crippen molar-refractivity contribution in [3.8, 4) is 0 Å². The fraction of sp³-hybridized carbons (Fsp3) is 0.867. The molecule has 3 fully saturated rings. The van der Waals surface area contributed by atoms with Crippen LogP contribution in [0, 0.1) is 5.92 Å². The molecule has 0 saturated carbocycles. The Morgan fingerprint density at radius 3 is 2.60 bits per heavy atom. The molecule has 0 aromatic heterocycles. The number of hydrogen-bond acceptors (Lipinski definition) is 3. The van der Waals surface area contributed by atoms with Gasteiger partial charge in [-0.3, -0.25) is 9.59 Å². The van der Waals surface area contributed by atoms with Gasteiger partial charge in [-0.2, -0.15) is 0 Å². The number of piperazine rings is 1. The number of nitrogens with zero attached hydrogens (tertiary/aromatic N) is 2. The second kappa shape index (κ2) is 5.72. The van der Waals surface area contributed by atoms with Gasteiger partial charge in [-0.05, 0) is 38.0 Å². The quantitative estimate of drug-likeness (QED) is 0.775. The number of ether oxygens (including phenoxy) is 1. The molecule has 20 heavy (non-hydrogen) atoms. The maximum atomic E-state index is 12.7. The summed E-state index contributed by atoms with van der Waals surface area (Å²) in [7, 11) is 0. The van der Waals surface area contributed by atoms with E-state index in [0.29, 0.717) is 5.92 Å². The normalized spacial score (nSPS) is 31.9. The van der Waals surface area contributed by atoms with Crippen LogP contribution >= 0.6 is 0 Å². The van der Waals surface area contributed by atoms with Crippen LogP contribution in [0.25, 0.3) is 0 Å². The van der Waals surface area contributed by atoms with Gasteiger partial charge in [0.1, 0.15) is 12.1 Å². The maximum Gasteiger partial charge on any atom is 0.246 e. The van der Waals surface area contributed by atoms with Crippen LogP contribution in [0.15, 0.2) is 0 Å². The van der Waals surface area contributed by atoms with Gasteiger partial charge in [0.25, 0.3) is 0 Å². The molecule has 0 bridgehead atoms. The van der Waals surface area contributed by atoms with Gasteiger partial charge in [-0.15, -0.1) is 0 Å². The SMILES string of the molecule is CCC1C(=O)N2CCCC2C(=O)N1CC1CCOCC1. The van der Waals surface area contributed by atoms with E-state index in [1.54, 1.807) is 0 Å². The molecule has 5 heteroatoms. The molecule has 0 aromatic rings. The lowest BCUT2D eigenvalue weighted by Crippen LogP contribution is -2.63. The van der Waals surface area contributed by atoms with E-state index >= 15 is 0 Å². The van der Waals surface area contributed by atoms with Crippen molar-refractivity contribution in [2.24, 2.45) is 5.92 Å². The first-order valence-electron chi connectivity index (χ1n) is 7.91. The summed E-state index contributed by atoms with van der Waals surface area (Å²) < 4.78 is 5.38. The van der Waals surface area contributed by atoms with Gasteiger partial charge < -0.3 is 14.5 Å². The number of carbonyl (C=O) groups excluding carboxylic acids is 2. The highest BCUT2D eigenvalue weighted by Crippen LogP contribution is 2.29. The van der Waals surface area contributed by atoms with Crippen LogP contribution in [0.3, 0.4) is 0 Å². The van der Waals surface area contributed by atoms with Crippen LogP contribution < -0.4 is 0 Å². The predicted octanol–water partition coefficient (Wildman–Crippen LogP) is 1.02. The third kappa shape index (κ3) is 2.32. The van der Waals surface area contributed by atoms with Crippen molar-refractivity contribution in [1.82, 2.24) is 9.80 Å². The molecule has 3 saturated heterocycles. The third-order valence-corrected chi connectivity index (χ3v) is 4.95. The zero-order valence-electron chi connectivity index (χ0n) is 12.2. The molecular weight excluding hydrogens is 256 g/mol. The van der Waals surface area contributed by atoms with Gasteiger partial charge in [-0.25, -0.2) is 0 Å². The van der Waals surface area contributed by atoms with Crippen molar-refractivity contribution in [2.45, 2.75) is 51.1 Å². The largest absolute Gasteiger partial charge is 0.381 e. The summed E-state index contributed by atoms with van der Waals surface area (Å²) in [5.74, 6) is 0.838. The Kier molecular flexibility index (Phi) is 3.96. The summed E-state index contributed by atoms with van der Waals surface area (Å²) in [5.41, 5.74) is 0. The van der Waals surface area contributed by atoms with Crippen LogP contribution in [0.4, 0.5) is 0 Å². The van der Waals surface area contributed by atoms with Crippen molar-refractivity contribution >= 4 is 11.8 Å². The first kappa shape index (κ1) is 13.9. The molecule has 2 unspecified atom stereocenters. The molecular formula is C15H24N2O3. The second-order valence-electron chi connectivity index (χ2n) is 6.16. The summed E-state index contributed by atoms with van der Waals surface area (Å²) in [5, 5.41) is 0. The molecule has 0 aromatic carbocycles.